The Balaban J connectivity index is 0.991. The topological polar surface area (TPSA) is 59.9 Å². The van der Waals surface area contributed by atoms with Crippen molar-refractivity contribution in [2.24, 2.45) is 11.8 Å². The van der Waals surface area contributed by atoms with Crippen molar-refractivity contribution >= 4 is 40.3 Å². The highest BCUT2D eigenvalue weighted by Gasteiger charge is 2.42. The summed E-state index contributed by atoms with van der Waals surface area (Å²) in [7, 11) is 0. The Labute approximate surface area is 340 Å². The third kappa shape index (κ3) is 6.26. The van der Waals surface area contributed by atoms with Gasteiger partial charge in [0.25, 0.3) is 0 Å². The average Bonchev–Trinajstić information content (AvgIpc) is 3.67. The Morgan fingerprint density at radius 1 is 0.737 bits per heavy atom. The third-order valence-electron chi connectivity index (χ3n) is 13.7. The minimum absolute atomic E-state index is 0.0198. The minimum atomic E-state index is 0.0198. The van der Waals surface area contributed by atoms with Gasteiger partial charge in [0.05, 0.1) is 24.1 Å². The highest BCUT2D eigenvalue weighted by atomic mass is 32.2. The number of allylic oxidation sites excluding steroid dienone is 8. The highest BCUT2D eigenvalue weighted by molar-refractivity contribution is 8.03. The molecule has 2 aliphatic heterocycles. The SMILES string of the molecule is N#Cc1cccc2c1SC1=CCC(C3CC(C4NC(C5=CCCC=C5)NC(C5C=CC(c6ccccc6)=CC5)N4)=Cc4c3c3c(c5ccccc45)C=CCC3)CC12. The van der Waals surface area contributed by atoms with Crippen LogP contribution < -0.4 is 16.0 Å². The van der Waals surface area contributed by atoms with Crippen molar-refractivity contribution in [1.82, 2.24) is 16.0 Å². The van der Waals surface area contributed by atoms with Gasteiger partial charge in [0.15, 0.2) is 0 Å². The maximum atomic E-state index is 9.99. The van der Waals surface area contributed by atoms with Gasteiger partial charge < -0.3 is 0 Å². The molecule has 5 heteroatoms. The number of benzene rings is 4. The number of thioether (sulfide) groups is 1. The van der Waals surface area contributed by atoms with Gasteiger partial charge in [0.1, 0.15) is 6.07 Å². The number of nitrogens with zero attached hydrogens (tertiary/aromatic N) is 1. The smallest absolute Gasteiger partial charge is 0.100 e. The molecule has 0 radical (unpaired) electrons. The van der Waals surface area contributed by atoms with E-state index in [1.54, 1.807) is 11.1 Å². The molecule has 0 bridgehead atoms. The van der Waals surface area contributed by atoms with Crippen LogP contribution in [0.2, 0.25) is 0 Å². The van der Waals surface area contributed by atoms with Gasteiger partial charge in [0.2, 0.25) is 0 Å². The van der Waals surface area contributed by atoms with Crippen molar-refractivity contribution in [2.75, 3.05) is 0 Å². The van der Waals surface area contributed by atoms with E-state index in [9.17, 15) is 5.26 Å². The molecule has 7 unspecified atom stereocenters. The Morgan fingerprint density at radius 3 is 2.40 bits per heavy atom. The Bertz CT molecular complexity index is 2540. The lowest BCUT2D eigenvalue weighted by Gasteiger charge is -2.46. The lowest BCUT2D eigenvalue weighted by molar-refractivity contribution is 0.199. The van der Waals surface area contributed by atoms with E-state index in [2.05, 4.69) is 150 Å². The van der Waals surface area contributed by atoms with E-state index in [0.29, 0.717) is 23.7 Å². The van der Waals surface area contributed by atoms with Gasteiger partial charge in [-0.25, -0.2) is 0 Å². The first-order valence-electron chi connectivity index (χ1n) is 21.1. The fourth-order valence-electron chi connectivity index (χ4n) is 10.9. The van der Waals surface area contributed by atoms with Crippen molar-refractivity contribution in [2.45, 2.75) is 86.6 Å². The summed E-state index contributed by atoms with van der Waals surface area (Å²) in [5.74, 6) is 1.58. The van der Waals surface area contributed by atoms with Crippen LogP contribution in [0.3, 0.4) is 0 Å². The zero-order chi connectivity index (χ0) is 37.9. The number of rotatable bonds is 5. The van der Waals surface area contributed by atoms with Gasteiger partial charge in [0, 0.05) is 16.7 Å². The van der Waals surface area contributed by atoms with Gasteiger partial charge in [-0.3, -0.25) is 16.0 Å². The summed E-state index contributed by atoms with van der Waals surface area (Å²) < 4.78 is 0. The Kier molecular flexibility index (Phi) is 9.12. The van der Waals surface area contributed by atoms with Crippen LogP contribution >= 0.6 is 11.8 Å². The summed E-state index contributed by atoms with van der Waals surface area (Å²) in [6.45, 7) is 0. The van der Waals surface area contributed by atoms with Gasteiger partial charge >= 0.3 is 0 Å². The molecular formula is C52H48N4S. The summed E-state index contributed by atoms with van der Waals surface area (Å²) in [5.41, 5.74) is 13.6. The van der Waals surface area contributed by atoms with Gasteiger partial charge in [-0.2, -0.15) is 5.26 Å². The lowest BCUT2D eigenvalue weighted by atomic mass is 9.66. The second-order valence-electron chi connectivity index (χ2n) is 16.9. The lowest BCUT2D eigenvalue weighted by Crippen LogP contribution is -2.69. The standard InChI is InChI=1S/C52H48N4S/c53-31-37-16-11-21-43-45-28-36(26-27-47(45)57-49(37)43)44-29-38(30-46-41-19-8-7-17-39(41)40-18-9-10-20-42(40)48(44)46)52-55-50(34-14-5-2-6-15-34)54-51(56-52)35-24-22-33(23-25-35)32-12-3-1-4-13-32/h1,3-5,7-9,11-19,21-24,27,30,35-36,44-45,50-52,54-56H,2,6,10,20,25-26,28-29H2. The van der Waals surface area contributed by atoms with Crippen LogP contribution in [-0.4, -0.2) is 18.5 Å². The number of hydrogen-bond donors (Lipinski definition) is 3. The summed E-state index contributed by atoms with van der Waals surface area (Å²) in [4.78, 5) is 2.63. The largest absolute Gasteiger partial charge is 0.282 e. The van der Waals surface area contributed by atoms with Crippen LogP contribution in [0, 0.1) is 23.2 Å². The number of hydrogen-bond acceptors (Lipinski definition) is 5. The zero-order valence-corrected chi connectivity index (χ0v) is 33.1. The van der Waals surface area contributed by atoms with Crippen LogP contribution in [0.5, 0.6) is 0 Å². The molecule has 7 atom stereocenters. The summed E-state index contributed by atoms with van der Waals surface area (Å²) >= 11 is 1.85. The monoisotopic (exact) mass is 760 g/mol. The van der Waals surface area contributed by atoms with Crippen molar-refractivity contribution in [3.63, 3.8) is 0 Å². The maximum Gasteiger partial charge on any atom is 0.100 e. The molecule has 57 heavy (non-hydrogen) atoms. The van der Waals surface area contributed by atoms with Gasteiger partial charge in [-0.1, -0.05) is 139 Å². The van der Waals surface area contributed by atoms with Crippen LogP contribution in [-0.2, 0) is 6.42 Å². The van der Waals surface area contributed by atoms with E-state index in [4.69, 9.17) is 0 Å². The highest BCUT2D eigenvalue weighted by Crippen LogP contribution is 2.58. The first-order valence-corrected chi connectivity index (χ1v) is 22.0. The predicted octanol–water partition coefficient (Wildman–Crippen LogP) is 11.4. The minimum Gasteiger partial charge on any atom is -0.282 e. The average molecular weight is 761 g/mol. The van der Waals surface area contributed by atoms with Crippen LogP contribution in [0.1, 0.15) is 95.7 Å². The van der Waals surface area contributed by atoms with Crippen molar-refractivity contribution < 1.29 is 0 Å². The molecule has 7 aliphatic rings. The van der Waals surface area contributed by atoms with E-state index < -0.39 is 0 Å². The summed E-state index contributed by atoms with van der Waals surface area (Å²) in [6.07, 6.45) is 33.0. The van der Waals surface area contributed by atoms with Gasteiger partial charge in [-0.15, -0.1) is 0 Å². The number of nitriles is 1. The Hall–Kier alpha value is -4.96. The first-order chi connectivity index (χ1) is 28.2. The molecule has 0 aromatic heterocycles. The molecule has 2 heterocycles. The van der Waals surface area contributed by atoms with E-state index in [0.717, 1.165) is 56.9 Å². The number of nitrogens with one attached hydrogen (secondary N) is 3. The van der Waals surface area contributed by atoms with Crippen molar-refractivity contribution in [3.8, 4) is 6.07 Å². The molecule has 3 N–H and O–H groups in total. The Morgan fingerprint density at radius 2 is 1.58 bits per heavy atom. The third-order valence-corrected chi connectivity index (χ3v) is 15.1. The normalized spacial score (nSPS) is 28.6. The van der Waals surface area contributed by atoms with E-state index >= 15 is 0 Å². The predicted molar refractivity (Wildman–Crippen MR) is 236 cm³/mol. The molecule has 0 saturated carbocycles. The molecule has 1 saturated heterocycles. The second kappa shape index (κ2) is 14.8. The van der Waals surface area contributed by atoms with Gasteiger partial charge in [-0.05, 0) is 135 Å². The molecular weight excluding hydrogens is 713 g/mol. The fraction of sp³-hybridized carbons (Fsp3) is 0.288. The van der Waals surface area contributed by atoms with Crippen LogP contribution in [0.4, 0.5) is 0 Å². The molecule has 4 aromatic carbocycles. The quantitative estimate of drug-likeness (QED) is 0.189. The van der Waals surface area contributed by atoms with Crippen molar-refractivity contribution in [1.29, 1.82) is 5.26 Å². The molecule has 4 nitrogen and oxygen atoms in total. The summed E-state index contributed by atoms with van der Waals surface area (Å²) in [5, 5.41) is 25.1. The molecule has 0 spiro atoms. The van der Waals surface area contributed by atoms with Crippen LogP contribution in [0.25, 0.3) is 28.5 Å². The molecule has 0 amide bonds. The van der Waals surface area contributed by atoms with Crippen LogP contribution in [0.15, 0.2) is 142 Å². The maximum absolute atomic E-state index is 9.99. The molecule has 11 rings (SSSR count). The molecule has 5 aliphatic carbocycles. The van der Waals surface area contributed by atoms with Crippen molar-refractivity contribution in [3.05, 3.63) is 176 Å². The molecule has 1 fully saturated rings. The molecule has 282 valence electrons. The summed E-state index contributed by atoms with van der Waals surface area (Å²) in [6, 6.07) is 28.8. The first kappa shape index (κ1) is 35.2. The molecule has 4 aromatic rings. The van der Waals surface area contributed by atoms with E-state index in [1.807, 2.05) is 17.8 Å². The zero-order valence-electron chi connectivity index (χ0n) is 32.3. The van der Waals surface area contributed by atoms with E-state index in [-0.39, 0.29) is 18.5 Å². The van der Waals surface area contributed by atoms with E-state index in [1.165, 1.54) is 59.5 Å². The second-order valence-corrected chi connectivity index (χ2v) is 18.0. The number of fused-ring (bicyclic) bond motifs is 9. The fourth-order valence-corrected chi connectivity index (χ4v) is 12.3.